The zero-order chi connectivity index (χ0) is 26.5. The van der Waals surface area contributed by atoms with Gasteiger partial charge in [0.1, 0.15) is 14.7 Å². The van der Waals surface area contributed by atoms with Crippen LogP contribution in [0.25, 0.3) is 5.57 Å². The number of nitrogens with one attached hydrogen (secondary N) is 1. The molecule has 2 aromatic carbocycles. The van der Waals surface area contributed by atoms with Crippen LogP contribution in [0.1, 0.15) is 16.7 Å². The second-order valence-electron chi connectivity index (χ2n) is 7.47. The van der Waals surface area contributed by atoms with Crippen LogP contribution in [-0.2, 0) is 30.4 Å². The first kappa shape index (κ1) is 37.9. The van der Waals surface area contributed by atoms with Gasteiger partial charge in [0, 0.05) is 0 Å². The van der Waals surface area contributed by atoms with Crippen molar-refractivity contribution in [1.29, 1.82) is 5.41 Å². The molecular formula is C20H23CaN3Na2O9S3. The molecule has 8 N–H and O–H groups in total. The van der Waals surface area contributed by atoms with Crippen molar-refractivity contribution in [2.24, 2.45) is 0 Å². The average molecular weight is 632 g/mol. The van der Waals surface area contributed by atoms with Crippen LogP contribution in [0.3, 0.4) is 0 Å². The number of nitrogen functional groups attached to an aromatic ring is 2. The second kappa shape index (κ2) is 13.7. The predicted molar refractivity (Wildman–Crippen MR) is 151 cm³/mol. The first-order chi connectivity index (χ1) is 15.9. The molecule has 0 fully saturated rings. The predicted octanol–water partition coefficient (Wildman–Crippen LogP) is -0.397. The van der Waals surface area contributed by atoms with Crippen LogP contribution in [0.2, 0.25) is 0 Å². The zero-order valence-electron chi connectivity index (χ0n) is 17.8. The third kappa shape index (κ3) is 8.47. The molecule has 1 aliphatic rings. The summed E-state index contributed by atoms with van der Waals surface area (Å²) in [4.78, 5) is -2.12. The summed E-state index contributed by atoms with van der Waals surface area (Å²) < 4.78 is 99.7. The van der Waals surface area contributed by atoms with Crippen molar-refractivity contribution in [3.8, 4) is 0 Å². The van der Waals surface area contributed by atoms with Crippen LogP contribution in [-0.4, -0.2) is 141 Å². The average Bonchev–Trinajstić information content (AvgIpc) is 2.70. The Morgan fingerprint density at radius 3 is 1.82 bits per heavy atom. The molecule has 0 saturated heterocycles. The molecule has 0 radical (unpaired) electrons. The van der Waals surface area contributed by atoms with Crippen molar-refractivity contribution >= 4 is 150 Å². The molecule has 0 unspecified atom stereocenters. The summed E-state index contributed by atoms with van der Waals surface area (Å²) in [6.45, 7) is 1.44. The van der Waals surface area contributed by atoms with Gasteiger partial charge in [-0.1, -0.05) is 12.1 Å². The monoisotopic (exact) mass is 631 g/mol. The number of nitrogens with two attached hydrogens (primary N) is 2. The molecule has 0 heterocycles. The van der Waals surface area contributed by atoms with Crippen LogP contribution in [0.15, 0.2) is 68.8 Å². The molecule has 0 bridgehead atoms. The molecule has 194 valence electrons. The molecule has 0 spiro atoms. The van der Waals surface area contributed by atoms with E-state index in [1.165, 1.54) is 25.1 Å². The van der Waals surface area contributed by atoms with Crippen molar-refractivity contribution in [3.63, 3.8) is 0 Å². The zero-order valence-corrected chi connectivity index (χ0v) is 20.2. The summed E-state index contributed by atoms with van der Waals surface area (Å²) >= 11 is 0. The van der Waals surface area contributed by atoms with Crippen LogP contribution < -0.4 is 11.5 Å². The van der Waals surface area contributed by atoms with E-state index >= 15 is 0 Å². The first-order valence-electron chi connectivity index (χ1n) is 9.37. The van der Waals surface area contributed by atoms with E-state index in [2.05, 4.69) is 0 Å². The van der Waals surface area contributed by atoms with E-state index in [0.717, 1.165) is 30.4 Å². The summed E-state index contributed by atoms with van der Waals surface area (Å²) in [6, 6.07) is 5.82. The quantitative estimate of drug-likeness (QED) is 0.141. The van der Waals surface area contributed by atoms with Crippen molar-refractivity contribution in [1.82, 2.24) is 0 Å². The molecule has 38 heavy (non-hydrogen) atoms. The number of hydrogen-bond acceptors (Lipinski definition) is 9. The number of rotatable bonds is 5. The Morgan fingerprint density at radius 1 is 0.789 bits per heavy atom. The van der Waals surface area contributed by atoms with E-state index < -0.39 is 50.8 Å². The van der Waals surface area contributed by atoms with Gasteiger partial charge in [-0.15, -0.1) is 0 Å². The van der Waals surface area contributed by atoms with Crippen LogP contribution >= 0.6 is 0 Å². The van der Waals surface area contributed by atoms with Gasteiger partial charge in [-0.05, 0) is 71.2 Å². The van der Waals surface area contributed by atoms with Gasteiger partial charge >= 0.3 is 96.9 Å². The summed E-state index contributed by atoms with van der Waals surface area (Å²) in [5.74, 6) is 0. The van der Waals surface area contributed by atoms with Crippen molar-refractivity contribution in [3.05, 3.63) is 75.7 Å². The van der Waals surface area contributed by atoms with Crippen molar-refractivity contribution in [2.45, 2.75) is 16.7 Å². The fraction of sp³-hybridized carbons (Fsp3) is 0.0500. The Balaban J connectivity index is 0.00000456. The Hall–Kier alpha value is -0.0803. The molecule has 18 heteroatoms. The summed E-state index contributed by atoms with van der Waals surface area (Å²) in [5.41, 5.74) is 10.6. The Labute approximate surface area is 294 Å². The molecule has 1 aliphatic carbocycles. The molecule has 0 aromatic heterocycles. The van der Waals surface area contributed by atoms with Gasteiger partial charge in [0.15, 0.2) is 0 Å². The number of allylic oxidation sites excluding steroid dienone is 5. The van der Waals surface area contributed by atoms with E-state index in [0.29, 0.717) is 0 Å². The molecule has 0 aliphatic heterocycles. The molecule has 0 atom stereocenters. The first-order valence-corrected chi connectivity index (χ1v) is 13.7. The third-order valence-corrected chi connectivity index (χ3v) is 7.74. The SMILES string of the molecule is Cc1cc(/C(=C2/C=CC(=N)C(S(=O)(=O)O)=C2)c2ccc(N)c(S(=O)(=O)O)c2)cc(S(=O)(=O)O)c1N.[CaH2].[NaH].[NaH]. The number of aryl methyl sites for hydroxylation is 1. The maximum atomic E-state index is 11.9. The van der Waals surface area contributed by atoms with Crippen molar-refractivity contribution in [2.75, 3.05) is 11.5 Å². The van der Waals surface area contributed by atoms with Gasteiger partial charge in [0.05, 0.1) is 17.1 Å². The normalized spacial score (nSPS) is 14.9. The standard InChI is InChI=1S/C20H19N3O9S3.Ca.2Na.4H/c1-10-6-13(9-18(20(10)23)35(30,31)32)19(11-2-4-14(21)16(7-11)33(24,25)26)12-3-5-15(22)17(8-12)34(27,28)29;;;;;;;/h2-9,21H,22-23H2,1H3,(H,24,25,26)(H,27,28,29)(H,30,31,32);;;;;;;/b19-11-,21-14?;;;;;;;. The number of hydrogen-bond donors (Lipinski definition) is 6. The van der Waals surface area contributed by atoms with Gasteiger partial charge < -0.3 is 11.5 Å². The summed E-state index contributed by atoms with van der Waals surface area (Å²) in [7, 11) is -14.5. The van der Waals surface area contributed by atoms with Crippen LogP contribution in [0, 0.1) is 12.3 Å². The van der Waals surface area contributed by atoms with E-state index in [-0.39, 0.29) is 136 Å². The molecule has 3 rings (SSSR count). The second-order valence-corrected chi connectivity index (χ2v) is 11.6. The topological polar surface area (TPSA) is 239 Å². The van der Waals surface area contributed by atoms with Gasteiger partial charge in [0.25, 0.3) is 30.4 Å². The van der Waals surface area contributed by atoms with Gasteiger partial charge in [-0.3, -0.25) is 19.1 Å². The Bertz CT molecular complexity index is 1720. The molecule has 0 saturated carbocycles. The molecule has 2 aromatic rings. The Kier molecular flexibility index (Phi) is 13.7. The third-order valence-electron chi connectivity index (χ3n) is 5.04. The summed E-state index contributed by atoms with van der Waals surface area (Å²) in [6.07, 6.45) is 3.25. The van der Waals surface area contributed by atoms with E-state index in [4.69, 9.17) is 16.9 Å². The molecular weight excluding hydrogens is 608 g/mol. The number of anilines is 2. The number of benzene rings is 2. The van der Waals surface area contributed by atoms with E-state index in [1.54, 1.807) is 0 Å². The Morgan fingerprint density at radius 2 is 1.32 bits per heavy atom. The molecule has 0 amide bonds. The minimum atomic E-state index is -4.85. The fourth-order valence-corrected chi connectivity index (χ4v) is 5.41. The van der Waals surface area contributed by atoms with Crippen molar-refractivity contribution < 1.29 is 38.9 Å². The van der Waals surface area contributed by atoms with Gasteiger partial charge in [-0.25, -0.2) is 0 Å². The fourth-order valence-electron chi connectivity index (χ4n) is 3.43. The minimum absolute atomic E-state index is 0. The van der Waals surface area contributed by atoms with Gasteiger partial charge in [0.2, 0.25) is 0 Å². The summed E-state index contributed by atoms with van der Waals surface area (Å²) in [5, 5.41) is 7.79. The molecule has 12 nitrogen and oxygen atoms in total. The maximum absolute atomic E-state index is 11.9. The van der Waals surface area contributed by atoms with Crippen LogP contribution in [0.4, 0.5) is 11.4 Å². The van der Waals surface area contributed by atoms with Gasteiger partial charge in [-0.2, -0.15) is 25.3 Å². The van der Waals surface area contributed by atoms with E-state index in [1.807, 2.05) is 0 Å². The van der Waals surface area contributed by atoms with Crippen LogP contribution in [0.5, 0.6) is 0 Å². The van der Waals surface area contributed by atoms with E-state index in [9.17, 15) is 38.9 Å².